The van der Waals surface area contributed by atoms with Crippen molar-refractivity contribution in [2.24, 2.45) is 0 Å². The van der Waals surface area contributed by atoms with E-state index >= 15 is 0 Å². The molecule has 8 heteroatoms. The summed E-state index contributed by atoms with van der Waals surface area (Å²) in [5.41, 5.74) is 0.508. The predicted molar refractivity (Wildman–Crippen MR) is 86.1 cm³/mol. The SMILES string of the molecule is CC1(c2nc(-c3cccc4c3ccn4C(F)F)no2)CCNC(=O)C1. The second-order valence-electron chi connectivity index (χ2n) is 6.50. The third-order valence-electron chi connectivity index (χ3n) is 4.71. The van der Waals surface area contributed by atoms with Crippen molar-refractivity contribution in [3.05, 3.63) is 36.4 Å². The van der Waals surface area contributed by atoms with Crippen LogP contribution in [0.5, 0.6) is 0 Å². The molecule has 1 saturated heterocycles. The second kappa shape index (κ2) is 5.65. The Labute approximate surface area is 141 Å². The largest absolute Gasteiger partial charge is 0.356 e. The van der Waals surface area contributed by atoms with Crippen LogP contribution in [-0.2, 0) is 10.2 Å². The Morgan fingerprint density at radius 3 is 2.96 bits per heavy atom. The molecule has 130 valence electrons. The Hall–Kier alpha value is -2.77. The minimum absolute atomic E-state index is 0.0513. The predicted octanol–water partition coefficient (Wildman–Crippen LogP) is 3.25. The number of amides is 1. The van der Waals surface area contributed by atoms with E-state index in [1.54, 1.807) is 24.3 Å². The van der Waals surface area contributed by atoms with Crippen LogP contribution in [0, 0.1) is 0 Å². The van der Waals surface area contributed by atoms with E-state index in [1.807, 2.05) is 6.92 Å². The summed E-state index contributed by atoms with van der Waals surface area (Å²) in [7, 11) is 0. The molecule has 0 saturated carbocycles. The summed E-state index contributed by atoms with van der Waals surface area (Å²) in [6, 6.07) is 6.69. The number of hydrogen-bond donors (Lipinski definition) is 1. The van der Waals surface area contributed by atoms with Gasteiger partial charge in [0.25, 0.3) is 0 Å². The molecule has 4 rings (SSSR count). The van der Waals surface area contributed by atoms with Crippen LogP contribution >= 0.6 is 0 Å². The first-order valence-electron chi connectivity index (χ1n) is 7.97. The lowest BCUT2D eigenvalue weighted by Gasteiger charge is -2.29. The van der Waals surface area contributed by atoms with Crippen molar-refractivity contribution in [2.75, 3.05) is 6.54 Å². The first-order chi connectivity index (χ1) is 12.0. The summed E-state index contributed by atoms with van der Waals surface area (Å²) >= 11 is 0. The summed E-state index contributed by atoms with van der Waals surface area (Å²) in [6.45, 7) is -0.148. The van der Waals surface area contributed by atoms with Gasteiger partial charge in [-0.1, -0.05) is 24.2 Å². The lowest BCUT2D eigenvalue weighted by atomic mass is 9.80. The normalized spacial score (nSPS) is 21.0. The number of carbonyl (C=O) groups excluding carboxylic acids is 1. The Morgan fingerprint density at radius 1 is 1.36 bits per heavy atom. The number of carbonyl (C=O) groups is 1. The van der Waals surface area contributed by atoms with E-state index in [0.29, 0.717) is 41.1 Å². The maximum absolute atomic E-state index is 13.1. The van der Waals surface area contributed by atoms with E-state index in [4.69, 9.17) is 4.52 Å². The zero-order valence-electron chi connectivity index (χ0n) is 13.5. The smallest absolute Gasteiger partial charge is 0.319 e. The molecule has 3 aromatic rings. The zero-order valence-corrected chi connectivity index (χ0v) is 13.5. The van der Waals surface area contributed by atoms with E-state index in [0.717, 1.165) is 4.57 Å². The molecule has 2 aromatic heterocycles. The van der Waals surface area contributed by atoms with Crippen LogP contribution in [0.15, 0.2) is 35.0 Å². The van der Waals surface area contributed by atoms with Gasteiger partial charge in [0, 0.05) is 30.1 Å². The number of piperidine rings is 1. The first-order valence-corrected chi connectivity index (χ1v) is 7.97. The molecule has 1 aliphatic heterocycles. The maximum Gasteiger partial charge on any atom is 0.319 e. The van der Waals surface area contributed by atoms with Gasteiger partial charge in [-0.15, -0.1) is 0 Å². The first kappa shape index (κ1) is 15.7. The number of nitrogens with one attached hydrogen (secondary N) is 1. The molecule has 1 atom stereocenters. The van der Waals surface area contributed by atoms with Crippen LogP contribution < -0.4 is 5.32 Å². The lowest BCUT2D eigenvalue weighted by molar-refractivity contribution is -0.124. The number of benzene rings is 1. The van der Waals surface area contributed by atoms with Gasteiger partial charge in [0.15, 0.2) is 0 Å². The average Bonchev–Trinajstić information content (AvgIpc) is 3.22. The van der Waals surface area contributed by atoms with Crippen molar-refractivity contribution in [1.29, 1.82) is 0 Å². The third kappa shape index (κ3) is 2.57. The molecule has 1 fully saturated rings. The zero-order chi connectivity index (χ0) is 17.6. The minimum atomic E-state index is -2.62. The number of nitrogens with zero attached hydrogens (tertiary/aromatic N) is 3. The summed E-state index contributed by atoms with van der Waals surface area (Å²) < 4.78 is 32.5. The monoisotopic (exact) mass is 346 g/mol. The van der Waals surface area contributed by atoms with Crippen molar-refractivity contribution in [1.82, 2.24) is 20.0 Å². The molecular formula is C17H16F2N4O2. The van der Waals surface area contributed by atoms with E-state index < -0.39 is 12.0 Å². The van der Waals surface area contributed by atoms with Gasteiger partial charge in [-0.2, -0.15) is 13.8 Å². The van der Waals surface area contributed by atoms with Gasteiger partial charge in [-0.25, -0.2) is 0 Å². The van der Waals surface area contributed by atoms with Gasteiger partial charge >= 0.3 is 6.55 Å². The molecule has 1 amide bonds. The maximum atomic E-state index is 13.1. The van der Waals surface area contributed by atoms with Gasteiger partial charge < -0.3 is 9.84 Å². The van der Waals surface area contributed by atoms with E-state index in [1.165, 1.54) is 6.20 Å². The molecule has 1 N–H and O–H groups in total. The van der Waals surface area contributed by atoms with Crippen molar-refractivity contribution >= 4 is 16.8 Å². The molecule has 6 nitrogen and oxygen atoms in total. The fourth-order valence-electron chi connectivity index (χ4n) is 3.30. The number of alkyl halides is 2. The van der Waals surface area contributed by atoms with Crippen LogP contribution in [0.3, 0.4) is 0 Å². The van der Waals surface area contributed by atoms with Gasteiger partial charge in [0.1, 0.15) is 0 Å². The Morgan fingerprint density at radius 2 is 2.20 bits per heavy atom. The van der Waals surface area contributed by atoms with Crippen LogP contribution in [-0.4, -0.2) is 27.2 Å². The molecular weight excluding hydrogens is 330 g/mol. The summed E-state index contributed by atoms with van der Waals surface area (Å²) in [6.07, 6.45) is 2.32. The van der Waals surface area contributed by atoms with Gasteiger partial charge in [0.05, 0.1) is 10.9 Å². The molecule has 1 aliphatic rings. The molecule has 3 heterocycles. The standard InChI is InChI=1S/C17H16F2N4O2/c1-17(6-7-20-13(24)9-17)15-21-14(22-25-15)11-3-2-4-12-10(11)5-8-23(12)16(18)19/h2-5,8,16H,6-7,9H2,1H3,(H,20,24). The Kier molecular flexibility index (Phi) is 3.55. The highest BCUT2D eigenvalue weighted by molar-refractivity contribution is 5.93. The molecule has 25 heavy (non-hydrogen) atoms. The highest BCUT2D eigenvalue weighted by atomic mass is 19.3. The fraction of sp³-hybridized carbons (Fsp3) is 0.353. The van der Waals surface area contributed by atoms with Crippen LogP contribution in [0.25, 0.3) is 22.3 Å². The van der Waals surface area contributed by atoms with Gasteiger partial charge in [0.2, 0.25) is 17.6 Å². The second-order valence-corrected chi connectivity index (χ2v) is 6.50. The number of fused-ring (bicyclic) bond motifs is 1. The molecule has 0 spiro atoms. The lowest BCUT2D eigenvalue weighted by Crippen LogP contribution is -2.41. The molecule has 0 bridgehead atoms. The molecule has 0 aliphatic carbocycles. The summed E-state index contributed by atoms with van der Waals surface area (Å²) in [5, 5.41) is 7.43. The molecule has 1 aromatic carbocycles. The topological polar surface area (TPSA) is 73.0 Å². The van der Waals surface area contributed by atoms with Gasteiger partial charge in [-0.3, -0.25) is 9.36 Å². The molecule has 1 unspecified atom stereocenters. The molecule has 0 radical (unpaired) electrons. The van der Waals surface area contributed by atoms with Gasteiger partial charge in [-0.05, 0) is 18.6 Å². The Bertz CT molecular complexity index is 949. The van der Waals surface area contributed by atoms with Crippen LogP contribution in [0.2, 0.25) is 0 Å². The highest BCUT2D eigenvalue weighted by Crippen LogP contribution is 2.35. The van der Waals surface area contributed by atoms with Crippen molar-refractivity contribution in [2.45, 2.75) is 31.7 Å². The van der Waals surface area contributed by atoms with E-state index in [2.05, 4.69) is 15.5 Å². The number of rotatable bonds is 3. The fourth-order valence-corrected chi connectivity index (χ4v) is 3.30. The van der Waals surface area contributed by atoms with E-state index in [9.17, 15) is 13.6 Å². The van der Waals surface area contributed by atoms with Crippen molar-refractivity contribution in [3.8, 4) is 11.4 Å². The number of halogens is 2. The quantitative estimate of drug-likeness (QED) is 0.790. The minimum Gasteiger partial charge on any atom is -0.356 e. The summed E-state index contributed by atoms with van der Waals surface area (Å²) in [4.78, 5) is 16.2. The average molecular weight is 346 g/mol. The number of aromatic nitrogens is 3. The van der Waals surface area contributed by atoms with Crippen LogP contribution in [0.1, 0.15) is 32.2 Å². The third-order valence-corrected chi connectivity index (χ3v) is 4.71. The number of hydrogen-bond acceptors (Lipinski definition) is 4. The highest BCUT2D eigenvalue weighted by Gasteiger charge is 2.38. The summed E-state index contributed by atoms with van der Waals surface area (Å²) in [5.74, 6) is 0.673. The van der Waals surface area contributed by atoms with Crippen molar-refractivity contribution < 1.29 is 18.1 Å². The van der Waals surface area contributed by atoms with Crippen molar-refractivity contribution in [3.63, 3.8) is 0 Å². The van der Waals surface area contributed by atoms with E-state index in [-0.39, 0.29) is 12.3 Å². The Balaban J connectivity index is 1.76. The van der Waals surface area contributed by atoms with Crippen LogP contribution in [0.4, 0.5) is 8.78 Å².